The van der Waals surface area contributed by atoms with Gasteiger partial charge in [0.2, 0.25) is 5.88 Å². The fraction of sp³-hybridized carbons (Fsp3) is 0.379. The van der Waals surface area contributed by atoms with Crippen molar-refractivity contribution in [1.29, 1.82) is 0 Å². The van der Waals surface area contributed by atoms with E-state index in [1.165, 1.54) is 30.6 Å². The Balaban J connectivity index is 1.29. The Hall–Kier alpha value is -4.76. The van der Waals surface area contributed by atoms with Crippen LogP contribution >= 0.6 is 0 Å². The first-order valence-electron chi connectivity index (χ1n) is 14.0. The van der Waals surface area contributed by atoms with Gasteiger partial charge in [-0.25, -0.2) is 29.3 Å². The van der Waals surface area contributed by atoms with Gasteiger partial charge in [-0.15, -0.1) is 0 Å². The molecule has 7 rings (SSSR count). The van der Waals surface area contributed by atoms with Crippen LogP contribution in [0.15, 0.2) is 36.9 Å². The third-order valence-corrected chi connectivity index (χ3v) is 8.38. The molecule has 3 aromatic heterocycles. The monoisotopic (exact) mass is 630 g/mol. The smallest absolute Gasteiger partial charge is 0.434 e. The van der Waals surface area contributed by atoms with Crippen LogP contribution in [0.4, 0.5) is 37.8 Å². The van der Waals surface area contributed by atoms with Crippen LogP contribution in [0.5, 0.6) is 5.88 Å². The zero-order chi connectivity index (χ0) is 31.8. The maximum atomic E-state index is 15.5. The van der Waals surface area contributed by atoms with Crippen molar-refractivity contribution < 1.29 is 35.9 Å². The third kappa shape index (κ3) is 4.73. The average molecular weight is 631 g/mol. The maximum Gasteiger partial charge on any atom is 0.434 e. The molecule has 3 aliphatic rings. The highest BCUT2D eigenvalue weighted by Crippen LogP contribution is 2.53. The lowest BCUT2D eigenvalue weighted by Gasteiger charge is -2.41. The summed E-state index contributed by atoms with van der Waals surface area (Å²) in [7, 11) is 3.10. The summed E-state index contributed by atoms with van der Waals surface area (Å²) in [5.41, 5.74) is -1.00. The number of likely N-dealkylation sites (N-methyl/N-ethyl adjacent to an activating group) is 1. The predicted molar refractivity (Wildman–Crippen MR) is 147 cm³/mol. The number of ether oxygens (including phenoxy) is 1. The summed E-state index contributed by atoms with van der Waals surface area (Å²) in [5, 5.41) is 0. The fourth-order valence-electron chi connectivity index (χ4n) is 5.80. The van der Waals surface area contributed by atoms with E-state index in [0.29, 0.717) is 41.4 Å². The van der Waals surface area contributed by atoms with Crippen molar-refractivity contribution in [3.63, 3.8) is 0 Å². The van der Waals surface area contributed by atoms with Crippen LogP contribution in [-0.2, 0) is 17.5 Å². The van der Waals surface area contributed by atoms with Gasteiger partial charge >= 0.3 is 12.7 Å². The van der Waals surface area contributed by atoms with E-state index < -0.39 is 41.2 Å². The van der Waals surface area contributed by atoms with Gasteiger partial charge in [0.1, 0.15) is 34.8 Å². The number of alkyl halides is 5. The Morgan fingerprint density at radius 3 is 2.49 bits per heavy atom. The van der Waals surface area contributed by atoms with Crippen molar-refractivity contribution in [2.45, 2.75) is 56.4 Å². The molecule has 234 valence electrons. The lowest BCUT2D eigenvalue weighted by molar-refractivity contribution is -0.141. The lowest BCUT2D eigenvalue weighted by Crippen LogP contribution is -2.54. The first kappa shape index (κ1) is 29.0. The van der Waals surface area contributed by atoms with Gasteiger partial charge in [-0.1, -0.05) is 6.07 Å². The van der Waals surface area contributed by atoms with E-state index in [2.05, 4.69) is 19.9 Å². The van der Waals surface area contributed by atoms with Crippen molar-refractivity contribution in [3.8, 4) is 28.7 Å². The topological polar surface area (TPSA) is 102 Å². The van der Waals surface area contributed by atoms with E-state index in [0.717, 1.165) is 30.7 Å². The number of amides is 1. The average Bonchev–Trinajstić information content (AvgIpc) is 3.95. The fourth-order valence-corrected chi connectivity index (χ4v) is 5.80. The number of benzene rings is 1. The molecule has 4 heterocycles. The van der Waals surface area contributed by atoms with E-state index in [4.69, 9.17) is 9.72 Å². The molecule has 45 heavy (non-hydrogen) atoms. The van der Waals surface area contributed by atoms with Crippen molar-refractivity contribution in [3.05, 3.63) is 59.7 Å². The number of fused-ring (bicyclic) bond motifs is 1. The number of halogens is 6. The van der Waals surface area contributed by atoms with Crippen LogP contribution in [0.25, 0.3) is 22.8 Å². The summed E-state index contributed by atoms with van der Waals surface area (Å²) in [6, 6.07) is 3.53. The molecule has 1 amide bonds. The lowest BCUT2D eigenvalue weighted by atomic mass is 10.0. The first-order chi connectivity index (χ1) is 21.4. The van der Waals surface area contributed by atoms with Gasteiger partial charge in [-0.3, -0.25) is 9.36 Å². The molecule has 0 unspecified atom stereocenters. The first-order valence-corrected chi connectivity index (χ1v) is 14.0. The minimum Gasteiger partial charge on any atom is -0.480 e. The number of carbonyl (C=O) groups is 1. The zero-order valence-electron chi connectivity index (χ0n) is 23.8. The van der Waals surface area contributed by atoms with Crippen LogP contribution in [0.1, 0.15) is 55.1 Å². The number of hydrogen-bond donors (Lipinski definition) is 0. The van der Waals surface area contributed by atoms with Crippen LogP contribution in [-0.4, -0.2) is 55.1 Å². The van der Waals surface area contributed by atoms with Crippen molar-refractivity contribution in [2.24, 2.45) is 0 Å². The second-order valence-corrected chi connectivity index (χ2v) is 11.2. The molecule has 2 fully saturated rings. The molecule has 0 bridgehead atoms. The quantitative estimate of drug-likeness (QED) is 0.238. The molecule has 1 aromatic carbocycles. The van der Waals surface area contributed by atoms with E-state index in [1.54, 1.807) is 11.9 Å². The number of rotatable bonds is 7. The normalized spacial score (nSPS) is 17.3. The number of carbonyl (C=O) groups excluding carboxylic acids is 1. The summed E-state index contributed by atoms with van der Waals surface area (Å²) < 4.78 is 87.7. The van der Waals surface area contributed by atoms with Crippen molar-refractivity contribution in [1.82, 2.24) is 29.5 Å². The van der Waals surface area contributed by atoms with Gasteiger partial charge in [-0.2, -0.15) is 22.0 Å². The molecule has 1 spiro atoms. The Morgan fingerprint density at radius 1 is 1.11 bits per heavy atom. The number of imidazole rings is 1. The van der Waals surface area contributed by atoms with Crippen LogP contribution in [0, 0.1) is 5.82 Å². The number of anilines is 2. The van der Waals surface area contributed by atoms with Crippen LogP contribution in [0.3, 0.4) is 0 Å². The maximum absolute atomic E-state index is 15.5. The van der Waals surface area contributed by atoms with Gasteiger partial charge in [0.15, 0.2) is 17.3 Å². The second-order valence-electron chi connectivity index (χ2n) is 11.2. The van der Waals surface area contributed by atoms with Crippen LogP contribution in [0.2, 0.25) is 0 Å². The van der Waals surface area contributed by atoms with Gasteiger partial charge in [0.25, 0.3) is 5.91 Å². The standard InChI is InChI=1S/C29H24F6N8O2/c1-41-18-10-36-22(20-21(15-4-5-15)37-13-38-25(20)45-2)40-24(18)43(28(7-8-28)26(41)44)11-14-3-6-16(17(30)9-14)23-39-19(29(33,34)35)12-42(23)27(31)32/h3,6,9-10,12-13,15,27H,4-5,7-8,11H2,1-2H3. The van der Waals surface area contributed by atoms with Gasteiger partial charge in [0.05, 0.1) is 24.6 Å². The highest BCUT2D eigenvalue weighted by molar-refractivity contribution is 6.09. The summed E-state index contributed by atoms with van der Waals surface area (Å²) >= 11 is 0. The minimum absolute atomic E-state index is 0.0186. The number of hydrogen-bond acceptors (Lipinski definition) is 8. The van der Waals surface area contributed by atoms with E-state index in [-0.39, 0.29) is 35.0 Å². The molecular weight excluding hydrogens is 606 g/mol. The molecule has 2 aliphatic carbocycles. The molecule has 4 aromatic rings. The van der Waals surface area contributed by atoms with Crippen molar-refractivity contribution >= 4 is 17.4 Å². The Morgan fingerprint density at radius 2 is 1.87 bits per heavy atom. The van der Waals surface area contributed by atoms with Gasteiger partial charge in [0, 0.05) is 25.7 Å². The number of aromatic nitrogens is 6. The largest absolute Gasteiger partial charge is 0.480 e. The van der Waals surface area contributed by atoms with Gasteiger partial charge < -0.3 is 14.5 Å². The molecule has 0 radical (unpaired) electrons. The molecule has 1 aliphatic heterocycles. The van der Waals surface area contributed by atoms with E-state index in [1.807, 2.05) is 0 Å². The molecule has 0 saturated heterocycles. The molecule has 0 N–H and O–H groups in total. The Labute approximate surface area is 251 Å². The molecule has 2 saturated carbocycles. The van der Waals surface area contributed by atoms with E-state index in [9.17, 15) is 26.7 Å². The second kappa shape index (κ2) is 10.1. The molecular formula is C29H24F6N8O2. The highest BCUT2D eigenvalue weighted by Gasteiger charge is 2.59. The summed E-state index contributed by atoms with van der Waals surface area (Å²) in [5.74, 6) is -0.904. The van der Waals surface area contributed by atoms with Crippen LogP contribution < -0.4 is 14.5 Å². The molecule has 10 nitrogen and oxygen atoms in total. The third-order valence-electron chi connectivity index (χ3n) is 8.38. The SMILES string of the molecule is COc1ncnc(C2CC2)c1-c1ncc2c(n1)N(Cc1ccc(-c3nc(C(F)(F)F)cn3C(F)F)c(F)c1)C1(CC1)C(=O)N2C. The Bertz CT molecular complexity index is 1840. The van der Waals surface area contributed by atoms with Crippen molar-refractivity contribution in [2.75, 3.05) is 24.0 Å². The summed E-state index contributed by atoms with van der Waals surface area (Å²) in [6.45, 7) is -3.40. The molecule has 16 heteroatoms. The summed E-state index contributed by atoms with van der Waals surface area (Å²) in [6.07, 6.45) is 0.994. The highest BCUT2D eigenvalue weighted by atomic mass is 19.4. The molecule has 0 atom stereocenters. The Kier molecular flexibility index (Phi) is 6.53. The minimum atomic E-state index is -5.00. The summed E-state index contributed by atoms with van der Waals surface area (Å²) in [4.78, 5) is 38.1. The zero-order valence-corrected chi connectivity index (χ0v) is 23.8. The predicted octanol–water partition coefficient (Wildman–Crippen LogP) is 5.75. The van der Waals surface area contributed by atoms with Gasteiger partial charge in [-0.05, 0) is 43.4 Å². The number of methoxy groups -OCH3 is 1. The number of nitrogens with zero attached hydrogens (tertiary/aromatic N) is 8. The van der Waals surface area contributed by atoms with E-state index >= 15 is 4.39 Å².